The molecule has 0 atom stereocenters. The van der Waals surface area contributed by atoms with Crippen LogP contribution in [0.15, 0.2) is 18.2 Å². The Morgan fingerprint density at radius 3 is 2.43 bits per heavy atom. The summed E-state index contributed by atoms with van der Waals surface area (Å²) in [5.74, 6) is -0.884. The first-order valence-corrected chi connectivity index (χ1v) is 4.93. The maximum absolute atomic E-state index is 13.1. The van der Waals surface area contributed by atoms with Crippen LogP contribution in [0.4, 0.5) is 8.78 Å². The molecule has 1 aliphatic rings. The monoisotopic (exact) mass is 197 g/mol. The van der Waals surface area contributed by atoms with Crippen LogP contribution in [0.3, 0.4) is 0 Å². The summed E-state index contributed by atoms with van der Waals surface area (Å²) in [5.41, 5.74) is 0.195. The molecule has 0 spiro atoms. The highest BCUT2D eigenvalue weighted by Crippen LogP contribution is 2.19. The van der Waals surface area contributed by atoms with E-state index >= 15 is 0 Å². The minimum Gasteiger partial charge on any atom is -0.314 e. The zero-order valence-corrected chi connectivity index (χ0v) is 7.89. The van der Waals surface area contributed by atoms with E-state index in [-0.39, 0.29) is 5.56 Å². The summed E-state index contributed by atoms with van der Waals surface area (Å²) < 4.78 is 26.2. The SMILES string of the molecule is Fc1cccc(F)c1CCNC1CC1. The van der Waals surface area contributed by atoms with E-state index in [0.717, 1.165) is 0 Å². The Labute approximate surface area is 82.1 Å². The second-order valence-electron chi connectivity index (χ2n) is 3.68. The van der Waals surface area contributed by atoms with E-state index in [1.807, 2.05) is 0 Å². The van der Waals surface area contributed by atoms with Crippen molar-refractivity contribution in [2.24, 2.45) is 0 Å². The van der Waals surface area contributed by atoms with Crippen LogP contribution in [0.1, 0.15) is 18.4 Å². The zero-order valence-electron chi connectivity index (χ0n) is 7.89. The maximum Gasteiger partial charge on any atom is 0.129 e. The molecule has 1 fully saturated rings. The van der Waals surface area contributed by atoms with Crippen LogP contribution >= 0.6 is 0 Å². The van der Waals surface area contributed by atoms with Gasteiger partial charge < -0.3 is 5.32 Å². The third kappa shape index (κ3) is 2.29. The van der Waals surface area contributed by atoms with Crippen molar-refractivity contribution in [2.75, 3.05) is 6.54 Å². The number of nitrogens with one attached hydrogen (secondary N) is 1. The van der Waals surface area contributed by atoms with Gasteiger partial charge in [0.05, 0.1) is 0 Å². The second-order valence-corrected chi connectivity index (χ2v) is 3.68. The smallest absolute Gasteiger partial charge is 0.129 e. The van der Waals surface area contributed by atoms with E-state index in [1.165, 1.54) is 31.0 Å². The lowest BCUT2D eigenvalue weighted by molar-refractivity contribution is 0.546. The van der Waals surface area contributed by atoms with Gasteiger partial charge >= 0.3 is 0 Å². The quantitative estimate of drug-likeness (QED) is 0.780. The van der Waals surface area contributed by atoms with Crippen LogP contribution < -0.4 is 5.32 Å². The summed E-state index contributed by atoms with van der Waals surface area (Å²) in [6, 6.07) is 4.58. The molecule has 1 nitrogen and oxygen atoms in total. The summed E-state index contributed by atoms with van der Waals surface area (Å²) >= 11 is 0. The minimum absolute atomic E-state index is 0.195. The molecule has 0 unspecified atom stereocenters. The molecule has 0 aliphatic heterocycles. The second kappa shape index (κ2) is 4.05. The molecule has 0 heterocycles. The molecule has 0 radical (unpaired) electrons. The van der Waals surface area contributed by atoms with Gasteiger partial charge in [0.2, 0.25) is 0 Å². The van der Waals surface area contributed by atoms with Crippen molar-refractivity contribution >= 4 is 0 Å². The van der Waals surface area contributed by atoms with Gasteiger partial charge in [-0.3, -0.25) is 0 Å². The third-order valence-electron chi connectivity index (χ3n) is 2.45. The van der Waals surface area contributed by atoms with Crippen LogP contribution in [0.2, 0.25) is 0 Å². The largest absolute Gasteiger partial charge is 0.314 e. The predicted octanol–water partition coefficient (Wildman–Crippen LogP) is 2.26. The lowest BCUT2D eigenvalue weighted by Crippen LogP contribution is -2.20. The Balaban J connectivity index is 1.92. The van der Waals surface area contributed by atoms with Crippen LogP contribution in [-0.4, -0.2) is 12.6 Å². The molecule has 1 aromatic carbocycles. The lowest BCUT2D eigenvalue weighted by Gasteiger charge is -2.05. The Bertz CT molecular complexity index is 301. The molecule has 0 amide bonds. The highest BCUT2D eigenvalue weighted by molar-refractivity contribution is 5.19. The molecule has 2 rings (SSSR count). The van der Waals surface area contributed by atoms with Gasteiger partial charge in [-0.2, -0.15) is 0 Å². The Morgan fingerprint density at radius 1 is 1.21 bits per heavy atom. The number of hydrogen-bond acceptors (Lipinski definition) is 1. The highest BCUT2D eigenvalue weighted by atomic mass is 19.1. The van der Waals surface area contributed by atoms with Crippen molar-refractivity contribution in [3.63, 3.8) is 0 Å². The van der Waals surface area contributed by atoms with Crippen molar-refractivity contribution in [2.45, 2.75) is 25.3 Å². The molecular formula is C11H13F2N. The first-order valence-electron chi connectivity index (χ1n) is 4.93. The average Bonchev–Trinajstić information content (AvgIpc) is 2.94. The maximum atomic E-state index is 13.1. The first kappa shape index (κ1) is 9.59. The molecule has 1 N–H and O–H groups in total. The van der Waals surface area contributed by atoms with Crippen molar-refractivity contribution in [3.8, 4) is 0 Å². The van der Waals surface area contributed by atoms with E-state index in [9.17, 15) is 8.78 Å². The average molecular weight is 197 g/mol. The first-order chi connectivity index (χ1) is 6.77. The fourth-order valence-electron chi connectivity index (χ4n) is 1.46. The van der Waals surface area contributed by atoms with Gasteiger partial charge in [0.15, 0.2) is 0 Å². The molecule has 0 bridgehead atoms. The van der Waals surface area contributed by atoms with Gasteiger partial charge in [0.1, 0.15) is 11.6 Å². The molecule has 76 valence electrons. The zero-order chi connectivity index (χ0) is 9.97. The normalized spacial score (nSPS) is 15.9. The fraction of sp³-hybridized carbons (Fsp3) is 0.455. The Morgan fingerprint density at radius 2 is 1.86 bits per heavy atom. The number of benzene rings is 1. The van der Waals surface area contributed by atoms with Gasteiger partial charge in [-0.15, -0.1) is 0 Å². The van der Waals surface area contributed by atoms with Crippen molar-refractivity contribution in [1.29, 1.82) is 0 Å². The molecule has 14 heavy (non-hydrogen) atoms. The number of rotatable bonds is 4. The minimum atomic E-state index is -0.442. The summed E-state index contributed by atoms with van der Waals surface area (Å²) in [5, 5.41) is 3.23. The molecule has 1 saturated carbocycles. The molecule has 0 saturated heterocycles. The van der Waals surface area contributed by atoms with E-state index in [1.54, 1.807) is 0 Å². The van der Waals surface area contributed by atoms with Gasteiger partial charge in [0.25, 0.3) is 0 Å². The van der Waals surface area contributed by atoms with Gasteiger partial charge in [-0.25, -0.2) is 8.78 Å². The van der Waals surface area contributed by atoms with E-state index < -0.39 is 11.6 Å². The van der Waals surface area contributed by atoms with Gasteiger partial charge in [-0.1, -0.05) is 6.07 Å². The van der Waals surface area contributed by atoms with Crippen LogP contribution in [0, 0.1) is 11.6 Å². The van der Waals surface area contributed by atoms with Crippen molar-refractivity contribution < 1.29 is 8.78 Å². The van der Waals surface area contributed by atoms with Crippen molar-refractivity contribution in [1.82, 2.24) is 5.32 Å². The van der Waals surface area contributed by atoms with Crippen LogP contribution in [0.25, 0.3) is 0 Å². The van der Waals surface area contributed by atoms with E-state index in [2.05, 4.69) is 5.32 Å². The van der Waals surface area contributed by atoms with Crippen LogP contribution in [0.5, 0.6) is 0 Å². The van der Waals surface area contributed by atoms with Gasteiger partial charge in [0, 0.05) is 11.6 Å². The Kier molecular flexibility index (Phi) is 2.77. The Hall–Kier alpha value is -0.960. The predicted molar refractivity (Wildman–Crippen MR) is 51.1 cm³/mol. The summed E-state index contributed by atoms with van der Waals surface area (Å²) in [6.07, 6.45) is 2.81. The molecule has 1 aromatic rings. The fourth-order valence-corrected chi connectivity index (χ4v) is 1.46. The lowest BCUT2D eigenvalue weighted by atomic mass is 10.1. The molecule has 0 aromatic heterocycles. The van der Waals surface area contributed by atoms with E-state index in [4.69, 9.17) is 0 Å². The molecule has 3 heteroatoms. The van der Waals surface area contributed by atoms with E-state index in [0.29, 0.717) is 19.0 Å². The third-order valence-corrected chi connectivity index (χ3v) is 2.45. The van der Waals surface area contributed by atoms with Gasteiger partial charge in [-0.05, 0) is 37.9 Å². The van der Waals surface area contributed by atoms with Crippen LogP contribution in [-0.2, 0) is 6.42 Å². The van der Waals surface area contributed by atoms with Crippen molar-refractivity contribution in [3.05, 3.63) is 35.4 Å². The molecular weight excluding hydrogens is 184 g/mol. The number of hydrogen-bond donors (Lipinski definition) is 1. The standard InChI is InChI=1S/C11H13F2N/c12-10-2-1-3-11(13)9(10)6-7-14-8-4-5-8/h1-3,8,14H,4-7H2. The topological polar surface area (TPSA) is 12.0 Å². The molecule has 1 aliphatic carbocycles. The number of halogens is 2. The highest BCUT2D eigenvalue weighted by Gasteiger charge is 2.20. The summed E-state index contributed by atoms with van der Waals surface area (Å²) in [4.78, 5) is 0. The summed E-state index contributed by atoms with van der Waals surface area (Å²) in [7, 11) is 0. The summed E-state index contributed by atoms with van der Waals surface area (Å²) in [6.45, 7) is 0.655.